The summed E-state index contributed by atoms with van der Waals surface area (Å²) in [7, 11) is 0. The highest BCUT2D eigenvalue weighted by Crippen LogP contribution is 2.10. The monoisotopic (exact) mass is 233 g/mol. The molecule has 5 heteroatoms. The Bertz CT molecular complexity index is 303. The zero-order valence-electron chi connectivity index (χ0n) is 9.14. The fourth-order valence-corrected chi connectivity index (χ4v) is 0.852. The summed E-state index contributed by atoms with van der Waals surface area (Å²) in [6.07, 6.45) is -4.00. The molecule has 1 N–H and O–H groups in total. The first-order valence-corrected chi connectivity index (χ1v) is 4.74. The van der Waals surface area contributed by atoms with Crippen molar-refractivity contribution in [3.63, 3.8) is 0 Å². The van der Waals surface area contributed by atoms with Crippen LogP contribution in [0.2, 0.25) is 0 Å². The average molecular weight is 233 g/mol. The second-order valence-electron chi connectivity index (χ2n) is 3.01. The second-order valence-corrected chi connectivity index (χ2v) is 3.01. The van der Waals surface area contributed by atoms with Crippen molar-refractivity contribution < 1.29 is 18.0 Å². The topological polar surface area (TPSA) is 29.1 Å². The molecule has 0 atom stereocenters. The molecule has 16 heavy (non-hydrogen) atoms. The summed E-state index contributed by atoms with van der Waals surface area (Å²) in [4.78, 5) is 11.1. The lowest BCUT2D eigenvalue weighted by molar-refractivity contribution is -0.110. The molecule has 90 valence electrons. The van der Waals surface area contributed by atoms with Crippen LogP contribution in [0.15, 0.2) is 30.3 Å². The van der Waals surface area contributed by atoms with Crippen LogP contribution in [0.1, 0.15) is 24.2 Å². The highest BCUT2D eigenvalue weighted by atomic mass is 19.4. The maximum Gasteiger partial charge on any atom is 0.386 e. The van der Waals surface area contributed by atoms with Crippen molar-refractivity contribution in [3.05, 3.63) is 35.9 Å². The normalized spacial score (nSPS) is 10.1. The molecule has 0 saturated heterocycles. The van der Waals surface area contributed by atoms with E-state index in [1.54, 1.807) is 12.1 Å². The molecule has 0 radical (unpaired) electrons. The van der Waals surface area contributed by atoms with Gasteiger partial charge in [-0.05, 0) is 19.1 Å². The molecule has 0 bridgehead atoms. The fraction of sp³-hybridized carbons (Fsp3) is 0.364. The number of rotatable bonds is 2. The molecule has 0 aromatic heterocycles. The fourth-order valence-electron chi connectivity index (χ4n) is 0.852. The standard InChI is InChI=1S/C9H11NO.C2H3F3/c1-2-10-9(11)8-6-4-3-5-7-8;1-2(3,4)5/h3-7H,2H2,1H3,(H,10,11);1H3. The van der Waals surface area contributed by atoms with Crippen LogP contribution in [-0.2, 0) is 0 Å². The van der Waals surface area contributed by atoms with Gasteiger partial charge in [-0.2, -0.15) is 13.2 Å². The highest BCUT2D eigenvalue weighted by molar-refractivity contribution is 5.93. The van der Waals surface area contributed by atoms with E-state index in [4.69, 9.17) is 0 Å². The minimum Gasteiger partial charge on any atom is -0.352 e. The van der Waals surface area contributed by atoms with Crippen LogP contribution in [0.4, 0.5) is 13.2 Å². The van der Waals surface area contributed by atoms with Gasteiger partial charge in [-0.25, -0.2) is 0 Å². The Morgan fingerprint density at radius 1 is 1.25 bits per heavy atom. The molecule has 0 aliphatic carbocycles. The quantitative estimate of drug-likeness (QED) is 0.835. The van der Waals surface area contributed by atoms with Crippen LogP contribution >= 0.6 is 0 Å². The van der Waals surface area contributed by atoms with E-state index in [-0.39, 0.29) is 12.8 Å². The van der Waals surface area contributed by atoms with E-state index < -0.39 is 6.18 Å². The predicted octanol–water partition coefficient (Wildman–Crippen LogP) is 3.00. The lowest BCUT2D eigenvalue weighted by Gasteiger charge is -1.99. The first-order chi connectivity index (χ1) is 7.34. The summed E-state index contributed by atoms with van der Waals surface area (Å²) in [6, 6.07) is 9.19. The van der Waals surface area contributed by atoms with Crippen LogP contribution in [0.3, 0.4) is 0 Å². The minimum atomic E-state index is -4.00. The third-order valence-corrected chi connectivity index (χ3v) is 1.37. The lowest BCUT2D eigenvalue weighted by Crippen LogP contribution is -2.22. The van der Waals surface area contributed by atoms with Crippen LogP contribution in [0.5, 0.6) is 0 Å². The van der Waals surface area contributed by atoms with Crippen molar-refractivity contribution in [1.82, 2.24) is 5.32 Å². The molecule has 2 nitrogen and oxygen atoms in total. The molecule has 1 amide bonds. The number of halogens is 3. The Hall–Kier alpha value is -1.52. The van der Waals surface area contributed by atoms with Crippen LogP contribution in [0.25, 0.3) is 0 Å². The lowest BCUT2D eigenvalue weighted by atomic mass is 10.2. The van der Waals surface area contributed by atoms with Gasteiger partial charge in [-0.15, -0.1) is 0 Å². The molecule has 1 rings (SSSR count). The largest absolute Gasteiger partial charge is 0.386 e. The zero-order valence-corrected chi connectivity index (χ0v) is 9.14. The summed E-state index contributed by atoms with van der Waals surface area (Å²) in [5, 5.41) is 2.72. The van der Waals surface area contributed by atoms with Gasteiger partial charge in [-0.3, -0.25) is 4.79 Å². The van der Waals surface area contributed by atoms with Crippen molar-refractivity contribution in [2.24, 2.45) is 0 Å². The number of carbonyl (C=O) groups excluding carboxylic acids is 1. The van der Waals surface area contributed by atoms with Crippen molar-refractivity contribution in [2.75, 3.05) is 6.54 Å². The predicted molar refractivity (Wildman–Crippen MR) is 56.2 cm³/mol. The summed E-state index contributed by atoms with van der Waals surface area (Å²) in [5.41, 5.74) is 0.717. The zero-order chi connectivity index (χ0) is 12.6. The maximum atomic E-state index is 11.1. The highest BCUT2D eigenvalue weighted by Gasteiger charge is 2.15. The number of hydrogen-bond donors (Lipinski definition) is 1. The number of alkyl halides is 3. The Balaban J connectivity index is 0.000000385. The molecule has 0 unspecified atom stereocenters. The van der Waals surface area contributed by atoms with Gasteiger partial charge in [0.05, 0.1) is 0 Å². The van der Waals surface area contributed by atoms with Crippen LogP contribution < -0.4 is 5.32 Å². The van der Waals surface area contributed by atoms with E-state index >= 15 is 0 Å². The number of hydrogen-bond acceptors (Lipinski definition) is 1. The number of carbonyl (C=O) groups is 1. The Morgan fingerprint density at radius 3 is 2.06 bits per heavy atom. The molecule has 0 aliphatic rings. The van der Waals surface area contributed by atoms with E-state index in [2.05, 4.69) is 5.32 Å². The molecular weight excluding hydrogens is 219 g/mol. The van der Waals surface area contributed by atoms with Crippen molar-refractivity contribution in [1.29, 1.82) is 0 Å². The number of amides is 1. The first kappa shape index (κ1) is 14.5. The minimum absolute atomic E-state index is 0.00639. The van der Waals surface area contributed by atoms with Gasteiger partial charge in [0.1, 0.15) is 0 Å². The van der Waals surface area contributed by atoms with Gasteiger partial charge in [0.25, 0.3) is 5.91 Å². The van der Waals surface area contributed by atoms with E-state index in [1.165, 1.54) is 0 Å². The summed E-state index contributed by atoms with van der Waals surface area (Å²) in [5.74, 6) is -0.00639. The Kier molecular flexibility index (Phi) is 6.22. The van der Waals surface area contributed by atoms with Crippen LogP contribution in [-0.4, -0.2) is 18.6 Å². The van der Waals surface area contributed by atoms with Crippen molar-refractivity contribution in [3.8, 4) is 0 Å². The SMILES string of the molecule is CC(F)(F)F.CCNC(=O)c1ccccc1. The van der Waals surface area contributed by atoms with Gasteiger partial charge in [-0.1, -0.05) is 18.2 Å². The van der Waals surface area contributed by atoms with E-state index in [9.17, 15) is 18.0 Å². The summed E-state index contributed by atoms with van der Waals surface area (Å²) >= 11 is 0. The molecule has 0 fully saturated rings. The summed E-state index contributed by atoms with van der Waals surface area (Å²) in [6.45, 7) is 2.77. The molecule has 0 spiro atoms. The van der Waals surface area contributed by atoms with Gasteiger partial charge in [0.15, 0.2) is 0 Å². The second kappa shape index (κ2) is 6.87. The first-order valence-electron chi connectivity index (χ1n) is 4.74. The average Bonchev–Trinajstić information content (AvgIpc) is 2.17. The number of nitrogens with one attached hydrogen (secondary N) is 1. The van der Waals surface area contributed by atoms with E-state index in [0.717, 1.165) is 0 Å². The van der Waals surface area contributed by atoms with Crippen molar-refractivity contribution >= 4 is 5.91 Å². The van der Waals surface area contributed by atoms with E-state index in [0.29, 0.717) is 12.1 Å². The number of benzene rings is 1. The molecule has 1 aromatic carbocycles. The summed E-state index contributed by atoms with van der Waals surface area (Å²) < 4.78 is 31.1. The Labute approximate surface area is 92.5 Å². The smallest absolute Gasteiger partial charge is 0.352 e. The third kappa shape index (κ3) is 9.05. The molecular formula is C11H14F3NO. The van der Waals surface area contributed by atoms with Gasteiger partial charge < -0.3 is 5.32 Å². The van der Waals surface area contributed by atoms with Gasteiger partial charge >= 0.3 is 6.18 Å². The molecule has 0 saturated carbocycles. The third-order valence-electron chi connectivity index (χ3n) is 1.37. The molecule has 0 heterocycles. The molecule has 0 aliphatic heterocycles. The maximum absolute atomic E-state index is 11.1. The molecule has 1 aromatic rings. The van der Waals surface area contributed by atoms with Crippen LogP contribution in [0, 0.1) is 0 Å². The van der Waals surface area contributed by atoms with E-state index in [1.807, 2.05) is 25.1 Å². The van der Waals surface area contributed by atoms with Gasteiger partial charge in [0, 0.05) is 19.0 Å². The Morgan fingerprint density at radius 2 is 1.69 bits per heavy atom. The van der Waals surface area contributed by atoms with Crippen molar-refractivity contribution in [2.45, 2.75) is 20.0 Å². The van der Waals surface area contributed by atoms with Gasteiger partial charge in [0.2, 0.25) is 0 Å².